The molecule has 0 unspecified atom stereocenters. The Kier molecular flexibility index (Phi) is 5.45. The molecule has 28 heavy (non-hydrogen) atoms. The molecule has 0 spiro atoms. The molecule has 4 rings (SSSR count). The van der Waals surface area contributed by atoms with E-state index in [-0.39, 0.29) is 12.3 Å². The van der Waals surface area contributed by atoms with E-state index in [1.807, 2.05) is 53.3 Å². The number of aryl methyl sites for hydroxylation is 1. The normalized spacial score (nSPS) is 13.3. The molecule has 0 amide bonds. The minimum atomic E-state index is -3.35. The Morgan fingerprint density at radius 1 is 1.07 bits per heavy atom. The van der Waals surface area contributed by atoms with Gasteiger partial charge >= 0.3 is 0 Å². The number of rotatable bonds is 8. The van der Waals surface area contributed by atoms with E-state index in [2.05, 4.69) is 15.9 Å². The lowest BCUT2D eigenvalue weighted by Crippen LogP contribution is -2.27. The predicted molar refractivity (Wildman–Crippen MR) is 108 cm³/mol. The van der Waals surface area contributed by atoms with Crippen LogP contribution in [0.25, 0.3) is 0 Å². The summed E-state index contributed by atoms with van der Waals surface area (Å²) in [6, 6.07) is 15.7. The van der Waals surface area contributed by atoms with Crippen molar-refractivity contribution in [3.8, 4) is 5.75 Å². The Morgan fingerprint density at radius 3 is 2.82 bits per heavy atom. The van der Waals surface area contributed by atoms with E-state index in [9.17, 15) is 8.42 Å². The van der Waals surface area contributed by atoms with Gasteiger partial charge in [-0.2, -0.15) is 5.10 Å². The molecule has 1 aromatic heterocycles. The largest absolute Gasteiger partial charge is 0.493 e. The molecule has 7 heteroatoms. The molecule has 0 saturated heterocycles. The molecule has 6 nitrogen and oxygen atoms in total. The number of ether oxygens (including phenoxy) is 1. The highest BCUT2D eigenvalue weighted by Gasteiger charge is 2.14. The van der Waals surface area contributed by atoms with Crippen LogP contribution >= 0.6 is 0 Å². The first kappa shape index (κ1) is 18.7. The molecule has 3 aromatic rings. The number of nitrogens with one attached hydrogen (secondary N) is 1. The van der Waals surface area contributed by atoms with Crippen LogP contribution < -0.4 is 9.46 Å². The van der Waals surface area contributed by atoms with Crippen molar-refractivity contribution in [2.75, 3.05) is 12.4 Å². The Hall–Kier alpha value is -2.64. The standard InChI is InChI=1S/C21H23N3O3S/c25-28(26,12-8-17-5-6-21-20(14-17)7-11-27-21)23-15-18-3-1-4-19(13-18)16-24-10-2-9-22-24/h1-6,9-10,13-14,23H,7-8,11-12,15-16H2. The lowest BCUT2D eigenvalue weighted by molar-refractivity contribution is 0.357. The van der Waals surface area contributed by atoms with E-state index in [0.717, 1.165) is 34.4 Å². The maximum absolute atomic E-state index is 12.4. The van der Waals surface area contributed by atoms with Crippen molar-refractivity contribution in [2.24, 2.45) is 0 Å². The zero-order valence-electron chi connectivity index (χ0n) is 15.5. The van der Waals surface area contributed by atoms with E-state index in [1.165, 1.54) is 0 Å². The first-order valence-electron chi connectivity index (χ1n) is 9.35. The number of nitrogens with zero attached hydrogens (tertiary/aromatic N) is 2. The fourth-order valence-corrected chi connectivity index (χ4v) is 4.37. The number of hydrogen-bond donors (Lipinski definition) is 1. The summed E-state index contributed by atoms with van der Waals surface area (Å²) in [4.78, 5) is 0. The minimum Gasteiger partial charge on any atom is -0.493 e. The molecule has 1 aliphatic heterocycles. The van der Waals surface area contributed by atoms with Crippen LogP contribution in [0.4, 0.5) is 0 Å². The Bertz CT molecular complexity index is 1050. The third kappa shape index (κ3) is 4.79. The van der Waals surface area contributed by atoms with Gasteiger partial charge in [0.15, 0.2) is 0 Å². The smallest absolute Gasteiger partial charge is 0.212 e. The summed E-state index contributed by atoms with van der Waals surface area (Å²) in [5.74, 6) is 0.985. The van der Waals surface area contributed by atoms with Crippen molar-refractivity contribution in [1.82, 2.24) is 14.5 Å². The molecule has 0 bridgehead atoms. The average molecular weight is 398 g/mol. The van der Waals surface area contributed by atoms with Crippen LogP contribution in [0.5, 0.6) is 5.75 Å². The minimum absolute atomic E-state index is 0.0691. The van der Waals surface area contributed by atoms with Crippen LogP contribution in [0.1, 0.15) is 22.3 Å². The number of sulfonamides is 1. The molecular formula is C21H23N3O3S. The summed E-state index contributed by atoms with van der Waals surface area (Å²) in [6.07, 6.45) is 5.03. The van der Waals surface area contributed by atoms with Crippen LogP contribution in [-0.4, -0.2) is 30.6 Å². The second kappa shape index (κ2) is 8.16. The lowest BCUT2D eigenvalue weighted by Gasteiger charge is -2.09. The summed E-state index contributed by atoms with van der Waals surface area (Å²) >= 11 is 0. The summed E-state index contributed by atoms with van der Waals surface area (Å²) < 4.78 is 34.8. The molecule has 1 aliphatic rings. The van der Waals surface area contributed by atoms with Gasteiger partial charge in [-0.1, -0.05) is 36.4 Å². The van der Waals surface area contributed by atoms with E-state index >= 15 is 0 Å². The lowest BCUT2D eigenvalue weighted by atomic mass is 10.1. The quantitative estimate of drug-likeness (QED) is 0.634. The molecule has 0 radical (unpaired) electrons. The van der Waals surface area contributed by atoms with Crippen LogP contribution in [0.3, 0.4) is 0 Å². The fourth-order valence-electron chi connectivity index (χ4n) is 3.33. The van der Waals surface area contributed by atoms with Gasteiger partial charge in [0.05, 0.1) is 18.9 Å². The molecule has 146 valence electrons. The molecule has 0 saturated carbocycles. The summed E-state index contributed by atoms with van der Waals surface area (Å²) in [7, 11) is -3.35. The molecule has 2 heterocycles. The molecule has 0 fully saturated rings. The van der Waals surface area contributed by atoms with E-state index < -0.39 is 10.0 Å². The zero-order chi connectivity index (χ0) is 19.4. The Labute approximate surface area is 165 Å². The molecule has 2 aromatic carbocycles. The summed E-state index contributed by atoms with van der Waals surface area (Å²) in [5, 5.41) is 4.20. The van der Waals surface area contributed by atoms with Crippen molar-refractivity contribution < 1.29 is 13.2 Å². The van der Waals surface area contributed by atoms with Crippen LogP contribution in [-0.2, 0) is 36.0 Å². The van der Waals surface area contributed by atoms with Crippen molar-refractivity contribution in [2.45, 2.75) is 25.9 Å². The Balaban J connectivity index is 1.32. The van der Waals surface area contributed by atoms with Gasteiger partial charge in [0, 0.05) is 25.4 Å². The molecular weight excluding hydrogens is 374 g/mol. The molecule has 0 aliphatic carbocycles. The first-order chi connectivity index (χ1) is 13.6. The van der Waals surface area contributed by atoms with Crippen molar-refractivity contribution in [3.05, 3.63) is 83.2 Å². The maximum Gasteiger partial charge on any atom is 0.212 e. The molecule has 1 N–H and O–H groups in total. The van der Waals surface area contributed by atoms with Gasteiger partial charge in [-0.3, -0.25) is 4.68 Å². The highest BCUT2D eigenvalue weighted by Crippen LogP contribution is 2.26. The van der Waals surface area contributed by atoms with Gasteiger partial charge in [-0.25, -0.2) is 13.1 Å². The zero-order valence-corrected chi connectivity index (χ0v) is 16.4. The van der Waals surface area contributed by atoms with E-state index in [1.54, 1.807) is 6.20 Å². The van der Waals surface area contributed by atoms with Crippen LogP contribution in [0.2, 0.25) is 0 Å². The summed E-state index contributed by atoms with van der Waals surface area (Å²) in [6.45, 7) is 1.65. The van der Waals surface area contributed by atoms with Gasteiger partial charge in [0.1, 0.15) is 5.75 Å². The SMILES string of the molecule is O=S(=O)(CCc1ccc2c(c1)CCO2)NCc1cccc(Cn2cccn2)c1. The van der Waals surface area contributed by atoms with Crippen LogP contribution in [0.15, 0.2) is 60.9 Å². The topological polar surface area (TPSA) is 73.2 Å². The third-order valence-electron chi connectivity index (χ3n) is 4.80. The average Bonchev–Trinajstić information content (AvgIpc) is 3.36. The molecule has 0 atom stereocenters. The number of hydrogen-bond acceptors (Lipinski definition) is 4. The van der Waals surface area contributed by atoms with Gasteiger partial charge < -0.3 is 4.74 Å². The monoisotopic (exact) mass is 397 g/mol. The second-order valence-corrected chi connectivity index (χ2v) is 8.88. The van der Waals surface area contributed by atoms with Crippen molar-refractivity contribution in [1.29, 1.82) is 0 Å². The summed E-state index contributed by atoms with van der Waals surface area (Å²) in [5.41, 5.74) is 4.20. The Morgan fingerprint density at radius 2 is 1.96 bits per heavy atom. The van der Waals surface area contributed by atoms with Crippen molar-refractivity contribution >= 4 is 10.0 Å². The predicted octanol–water partition coefficient (Wildman–Crippen LogP) is 2.53. The maximum atomic E-state index is 12.4. The van der Waals surface area contributed by atoms with Gasteiger partial charge in [0.2, 0.25) is 10.0 Å². The number of benzene rings is 2. The highest BCUT2D eigenvalue weighted by molar-refractivity contribution is 7.89. The second-order valence-electron chi connectivity index (χ2n) is 6.95. The van der Waals surface area contributed by atoms with E-state index in [4.69, 9.17) is 4.74 Å². The van der Waals surface area contributed by atoms with Crippen molar-refractivity contribution in [3.63, 3.8) is 0 Å². The highest BCUT2D eigenvalue weighted by atomic mass is 32.2. The van der Waals surface area contributed by atoms with Gasteiger partial charge in [-0.05, 0) is 40.8 Å². The first-order valence-corrected chi connectivity index (χ1v) is 11.0. The number of aromatic nitrogens is 2. The third-order valence-corrected chi connectivity index (χ3v) is 6.13. The fraction of sp³-hybridized carbons (Fsp3) is 0.286. The van der Waals surface area contributed by atoms with E-state index in [0.29, 0.717) is 19.6 Å². The van der Waals surface area contributed by atoms with Gasteiger partial charge in [-0.15, -0.1) is 0 Å². The van der Waals surface area contributed by atoms with Gasteiger partial charge in [0.25, 0.3) is 0 Å². The van der Waals surface area contributed by atoms with Crippen LogP contribution in [0, 0.1) is 0 Å². The number of fused-ring (bicyclic) bond motifs is 1.